The highest BCUT2D eigenvalue weighted by Gasteiger charge is 2.07. The monoisotopic (exact) mass is 287 g/mol. The fourth-order valence-electron chi connectivity index (χ4n) is 1.22. The van der Waals surface area contributed by atoms with E-state index < -0.39 is 5.97 Å². The Hall–Kier alpha value is -1.10. The van der Waals surface area contributed by atoms with Crippen LogP contribution in [0.3, 0.4) is 0 Å². The zero-order valence-corrected chi connectivity index (χ0v) is 10.7. The number of hydrogen-bond donors (Lipinski definition) is 2. The Morgan fingerprint density at radius 1 is 1.24 bits per heavy atom. The van der Waals surface area contributed by atoms with Gasteiger partial charge < -0.3 is 10.1 Å². The molecule has 0 spiro atoms. The third kappa shape index (κ3) is 2.97. The van der Waals surface area contributed by atoms with Crippen LogP contribution in [0.4, 0.5) is 0 Å². The van der Waals surface area contributed by atoms with Gasteiger partial charge in [0, 0.05) is 11.1 Å². The van der Waals surface area contributed by atoms with Gasteiger partial charge in [0.15, 0.2) is 0 Å². The van der Waals surface area contributed by atoms with Crippen LogP contribution in [0.25, 0.3) is 0 Å². The van der Waals surface area contributed by atoms with Crippen molar-refractivity contribution in [1.82, 2.24) is 4.98 Å². The minimum atomic E-state index is -0.956. The van der Waals surface area contributed by atoms with Gasteiger partial charge >= 0.3 is 5.97 Å². The van der Waals surface area contributed by atoms with Crippen LogP contribution >= 0.6 is 35.0 Å². The van der Waals surface area contributed by atoms with Gasteiger partial charge in [-0.05, 0) is 24.3 Å². The van der Waals surface area contributed by atoms with Crippen molar-refractivity contribution in [3.63, 3.8) is 0 Å². The molecule has 0 fully saturated rings. The van der Waals surface area contributed by atoms with Crippen molar-refractivity contribution in [3.05, 3.63) is 46.1 Å². The minimum Gasteiger partial charge on any atom is -0.478 e. The smallest absolute Gasteiger partial charge is 0.337 e. The molecule has 0 aliphatic heterocycles. The molecular weight excluding hydrogens is 281 g/mol. The average molecular weight is 288 g/mol. The Morgan fingerprint density at radius 2 is 2.00 bits per heavy atom. The van der Waals surface area contributed by atoms with E-state index in [-0.39, 0.29) is 5.56 Å². The summed E-state index contributed by atoms with van der Waals surface area (Å²) in [6.07, 6.45) is 1.45. The van der Waals surface area contributed by atoms with Gasteiger partial charge in [0.05, 0.1) is 20.6 Å². The highest BCUT2D eigenvalue weighted by molar-refractivity contribution is 7.99. The standard InChI is InChI=1S/C11H7Cl2NO2S/c12-8-2-1-7(4-9(8)13)17-10-3-6(5-14-10)11(15)16/h1-5,14H,(H,15,16). The van der Waals surface area contributed by atoms with Crippen molar-refractivity contribution in [2.75, 3.05) is 0 Å². The summed E-state index contributed by atoms with van der Waals surface area (Å²) < 4.78 is 0. The first kappa shape index (κ1) is 12.4. The number of aromatic amines is 1. The summed E-state index contributed by atoms with van der Waals surface area (Å²) in [7, 11) is 0. The molecule has 0 aliphatic rings. The molecule has 3 nitrogen and oxygen atoms in total. The predicted octanol–water partition coefficient (Wildman–Crippen LogP) is 4.17. The Balaban J connectivity index is 2.19. The molecule has 1 heterocycles. The van der Waals surface area contributed by atoms with E-state index in [1.807, 2.05) is 6.07 Å². The molecule has 0 amide bonds. The zero-order chi connectivity index (χ0) is 12.4. The van der Waals surface area contributed by atoms with E-state index in [9.17, 15) is 4.79 Å². The van der Waals surface area contributed by atoms with Gasteiger partial charge in [-0.3, -0.25) is 0 Å². The highest BCUT2D eigenvalue weighted by atomic mass is 35.5. The molecule has 0 bridgehead atoms. The minimum absolute atomic E-state index is 0.229. The van der Waals surface area contributed by atoms with E-state index in [0.29, 0.717) is 10.0 Å². The van der Waals surface area contributed by atoms with Gasteiger partial charge in [0.1, 0.15) is 0 Å². The van der Waals surface area contributed by atoms with Crippen LogP contribution in [0.1, 0.15) is 10.4 Å². The maximum Gasteiger partial charge on any atom is 0.337 e. The van der Waals surface area contributed by atoms with Gasteiger partial charge in [-0.25, -0.2) is 4.79 Å². The predicted molar refractivity (Wildman–Crippen MR) is 68.3 cm³/mol. The fourth-order valence-corrected chi connectivity index (χ4v) is 2.46. The first-order valence-corrected chi connectivity index (χ1v) is 6.18. The number of carboxylic acids is 1. The Bertz CT molecular complexity index is 568. The molecule has 2 aromatic rings. The Kier molecular flexibility index (Phi) is 3.66. The van der Waals surface area contributed by atoms with Crippen molar-refractivity contribution >= 4 is 40.9 Å². The summed E-state index contributed by atoms with van der Waals surface area (Å²) in [5.74, 6) is -0.956. The summed E-state index contributed by atoms with van der Waals surface area (Å²) in [4.78, 5) is 14.5. The Labute approximate surface area is 112 Å². The van der Waals surface area contributed by atoms with Gasteiger partial charge in [-0.15, -0.1) is 0 Å². The second kappa shape index (κ2) is 5.04. The molecule has 88 valence electrons. The zero-order valence-electron chi connectivity index (χ0n) is 8.41. The number of carbonyl (C=O) groups is 1. The summed E-state index contributed by atoms with van der Waals surface area (Å²) in [6, 6.07) is 6.82. The summed E-state index contributed by atoms with van der Waals surface area (Å²) in [5, 5.41) is 10.5. The number of H-pyrrole nitrogens is 1. The molecule has 0 saturated carbocycles. The van der Waals surface area contributed by atoms with Gasteiger partial charge in [0.25, 0.3) is 0 Å². The number of carboxylic acid groups (broad SMARTS) is 1. The lowest BCUT2D eigenvalue weighted by Crippen LogP contribution is -1.91. The molecule has 2 N–H and O–H groups in total. The van der Waals surface area contributed by atoms with Crippen molar-refractivity contribution in [3.8, 4) is 0 Å². The lowest BCUT2D eigenvalue weighted by molar-refractivity contribution is 0.0697. The summed E-state index contributed by atoms with van der Waals surface area (Å²) in [6.45, 7) is 0. The van der Waals surface area contributed by atoms with Crippen LogP contribution in [0.2, 0.25) is 10.0 Å². The maximum absolute atomic E-state index is 10.7. The summed E-state index contributed by atoms with van der Waals surface area (Å²) >= 11 is 13.1. The van der Waals surface area contributed by atoms with Gasteiger partial charge in [-0.1, -0.05) is 35.0 Å². The lowest BCUT2D eigenvalue weighted by Gasteiger charge is -2.00. The molecule has 0 radical (unpaired) electrons. The Morgan fingerprint density at radius 3 is 2.59 bits per heavy atom. The quantitative estimate of drug-likeness (QED) is 0.891. The molecular formula is C11H7Cl2NO2S. The van der Waals surface area contributed by atoms with E-state index in [2.05, 4.69) is 4.98 Å². The highest BCUT2D eigenvalue weighted by Crippen LogP contribution is 2.32. The number of hydrogen-bond acceptors (Lipinski definition) is 2. The van der Waals surface area contributed by atoms with Crippen LogP contribution in [-0.4, -0.2) is 16.1 Å². The third-order valence-corrected chi connectivity index (χ3v) is 3.71. The van der Waals surface area contributed by atoms with E-state index in [1.54, 1.807) is 18.2 Å². The van der Waals surface area contributed by atoms with Gasteiger partial charge in [-0.2, -0.15) is 0 Å². The number of rotatable bonds is 3. The van der Waals surface area contributed by atoms with E-state index in [0.717, 1.165) is 9.92 Å². The number of aromatic nitrogens is 1. The van der Waals surface area contributed by atoms with E-state index in [4.69, 9.17) is 28.3 Å². The van der Waals surface area contributed by atoms with Crippen LogP contribution in [0.15, 0.2) is 40.4 Å². The number of halogens is 2. The molecule has 0 aliphatic carbocycles. The molecule has 1 aromatic heterocycles. The normalized spacial score (nSPS) is 10.5. The second-order valence-electron chi connectivity index (χ2n) is 3.24. The van der Waals surface area contributed by atoms with Crippen LogP contribution in [0.5, 0.6) is 0 Å². The molecule has 0 atom stereocenters. The topological polar surface area (TPSA) is 53.1 Å². The number of aromatic carboxylic acids is 1. The molecule has 2 rings (SSSR count). The molecule has 1 aromatic carbocycles. The molecule has 0 saturated heterocycles. The SMILES string of the molecule is O=C(O)c1c[nH]c(Sc2ccc(Cl)c(Cl)c2)c1. The maximum atomic E-state index is 10.7. The first-order valence-electron chi connectivity index (χ1n) is 4.61. The second-order valence-corrected chi connectivity index (χ2v) is 5.17. The average Bonchev–Trinajstić information content (AvgIpc) is 2.72. The summed E-state index contributed by atoms with van der Waals surface area (Å²) in [5.41, 5.74) is 0.229. The van der Waals surface area contributed by atoms with Crippen molar-refractivity contribution in [2.24, 2.45) is 0 Å². The van der Waals surface area contributed by atoms with Crippen LogP contribution in [0, 0.1) is 0 Å². The third-order valence-electron chi connectivity index (χ3n) is 2.02. The van der Waals surface area contributed by atoms with Crippen LogP contribution < -0.4 is 0 Å². The number of nitrogens with one attached hydrogen (secondary N) is 1. The van der Waals surface area contributed by atoms with Gasteiger partial charge in [0.2, 0.25) is 0 Å². The van der Waals surface area contributed by atoms with E-state index >= 15 is 0 Å². The molecule has 6 heteroatoms. The van der Waals surface area contributed by atoms with Crippen molar-refractivity contribution in [1.29, 1.82) is 0 Å². The fraction of sp³-hybridized carbons (Fsp3) is 0. The largest absolute Gasteiger partial charge is 0.478 e. The van der Waals surface area contributed by atoms with E-state index in [1.165, 1.54) is 18.0 Å². The molecule has 17 heavy (non-hydrogen) atoms. The van der Waals surface area contributed by atoms with Crippen molar-refractivity contribution < 1.29 is 9.90 Å². The first-order chi connectivity index (χ1) is 8.06. The van der Waals surface area contributed by atoms with Crippen LogP contribution in [-0.2, 0) is 0 Å². The number of benzene rings is 1. The molecule has 0 unspecified atom stereocenters. The van der Waals surface area contributed by atoms with Crippen molar-refractivity contribution in [2.45, 2.75) is 9.92 Å². The lowest BCUT2D eigenvalue weighted by atomic mass is 10.4.